The largest absolute Gasteiger partial charge is 0.443 e. The van der Waals surface area contributed by atoms with Crippen LogP contribution >= 0.6 is 34.7 Å². The summed E-state index contributed by atoms with van der Waals surface area (Å²) in [7, 11) is 3.45. The number of carbonyl (C=O) groups is 2. The zero-order valence-corrected chi connectivity index (χ0v) is 19.7. The number of benzene rings is 2. The summed E-state index contributed by atoms with van der Waals surface area (Å²) in [6, 6.07) is 13.3. The number of hydrogen-bond acceptors (Lipinski definition) is 6. The van der Waals surface area contributed by atoms with Crippen LogP contribution in [0.2, 0.25) is 10.0 Å². The lowest BCUT2D eigenvalue weighted by atomic mass is 10.2. The molecule has 3 aromatic rings. The fourth-order valence-electron chi connectivity index (χ4n) is 2.63. The first kappa shape index (κ1) is 23.9. The minimum Gasteiger partial charge on any atom is -0.443 e. The van der Waals surface area contributed by atoms with E-state index in [-0.39, 0.29) is 24.6 Å². The number of hydrogen-bond donors (Lipinski definition) is 0. The minimum atomic E-state index is -0.546. The van der Waals surface area contributed by atoms with Gasteiger partial charge in [0.2, 0.25) is 4.80 Å². The Morgan fingerprint density at radius 2 is 1.62 bits per heavy atom. The monoisotopic (exact) mass is 494 g/mol. The number of likely N-dealkylation sites (N-methyl/N-ethyl adjacent to an activating group) is 1. The summed E-state index contributed by atoms with van der Waals surface area (Å²) >= 11 is 12.8. The number of carbonyl (C=O) groups excluding carboxylic acids is 2. The molecule has 168 valence electrons. The van der Waals surface area contributed by atoms with E-state index >= 15 is 0 Å². The SMILES string of the molecule is CN(C)CC(=O)OCn1c(=NC(=O)c2ccc(Cl)cc2)sn(Cc2ccc(Cl)cc2)c1=O. The van der Waals surface area contributed by atoms with Crippen molar-refractivity contribution in [2.75, 3.05) is 20.6 Å². The highest BCUT2D eigenvalue weighted by molar-refractivity contribution is 7.03. The molecule has 2 aromatic carbocycles. The second-order valence-electron chi connectivity index (χ2n) is 7.05. The molecule has 1 aromatic heterocycles. The minimum absolute atomic E-state index is 0.0554. The van der Waals surface area contributed by atoms with Gasteiger partial charge in [-0.3, -0.25) is 14.5 Å². The van der Waals surface area contributed by atoms with Gasteiger partial charge in [-0.05, 0) is 67.6 Å². The van der Waals surface area contributed by atoms with Crippen molar-refractivity contribution in [2.45, 2.75) is 13.3 Å². The van der Waals surface area contributed by atoms with Crippen molar-refractivity contribution in [2.24, 2.45) is 4.99 Å². The van der Waals surface area contributed by atoms with E-state index < -0.39 is 17.6 Å². The molecule has 0 bridgehead atoms. The van der Waals surface area contributed by atoms with Crippen LogP contribution in [0.3, 0.4) is 0 Å². The lowest BCUT2D eigenvalue weighted by molar-refractivity contribution is -0.148. The summed E-state index contributed by atoms with van der Waals surface area (Å²) < 4.78 is 7.79. The highest BCUT2D eigenvalue weighted by atomic mass is 35.5. The van der Waals surface area contributed by atoms with E-state index in [1.165, 1.54) is 3.96 Å². The van der Waals surface area contributed by atoms with Crippen molar-refractivity contribution in [3.63, 3.8) is 0 Å². The molecule has 0 spiro atoms. The van der Waals surface area contributed by atoms with Crippen LogP contribution < -0.4 is 10.5 Å². The number of nitrogens with zero attached hydrogens (tertiary/aromatic N) is 4. The molecule has 0 fully saturated rings. The van der Waals surface area contributed by atoms with Crippen molar-refractivity contribution >= 4 is 46.6 Å². The summed E-state index contributed by atoms with van der Waals surface area (Å²) in [6.45, 7) is -0.0564. The first-order chi connectivity index (χ1) is 15.2. The molecule has 0 saturated heterocycles. The molecule has 0 aliphatic heterocycles. The van der Waals surface area contributed by atoms with Crippen LogP contribution in [0.15, 0.2) is 58.3 Å². The van der Waals surface area contributed by atoms with Crippen LogP contribution in [0.1, 0.15) is 15.9 Å². The Morgan fingerprint density at radius 3 is 2.22 bits per heavy atom. The van der Waals surface area contributed by atoms with Gasteiger partial charge in [0, 0.05) is 15.6 Å². The van der Waals surface area contributed by atoms with Crippen molar-refractivity contribution in [1.29, 1.82) is 0 Å². The first-order valence-corrected chi connectivity index (χ1v) is 11.0. The third-order valence-electron chi connectivity index (χ3n) is 4.19. The molecule has 3 rings (SSSR count). The van der Waals surface area contributed by atoms with Crippen LogP contribution in [0.5, 0.6) is 0 Å². The van der Waals surface area contributed by atoms with Gasteiger partial charge in [0.05, 0.1) is 13.1 Å². The van der Waals surface area contributed by atoms with E-state index in [0.29, 0.717) is 15.6 Å². The van der Waals surface area contributed by atoms with Gasteiger partial charge in [0.25, 0.3) is 5.91 Å². The summed E-state index contributed by atoms with van der Waals surface area (Å²) in [6.07, 6.45) is 0. The highest BCUT2D eigenvalue weighted by Gasteiger charge is 2.14. The number of aromatic nitrogens is 2. The van der Waals surface area contributed by atoms with E-state index in [4.69, 9.17) is 27.9 Å². The molecule has 0 atom stereocenters. The zero-order chi connectivity index (χ0) is 23.3. The number of halogens is 2. The molecule has 0 N–H and O–H groups in total. The molecule has 0 radical (unpaired) electrons. The fraction of sp³-hybridized carbons (Fsp3) is 0.238. The van der Waals surface area contributed by atoms with E-state index in [9.17, 15) is 14.4 Å². The van der Waals surface area contributed by atoms with Crippen LogP contribution in [-0.2, 0) is 22.8 Å². The third-order valence-corrected chi connectivity index (χ3v) is 5.68. The Hall–Kier alpha value is -2.72. The van der Waals surface area contributed by atoms with Gasteiger partial charge in [-0.25, -0.2) is 13.3 Å². The maximum atomic E-state index is 13.0. The number of amides is 1. The third kappa shape index (κ3) is 6.39. The van der Waals surface area contributed by atoms with E-state index in [0.717, 1.165) is 21.7 Å². The summed E-state index contributed by atoms with van der Waals surface area (Å²) in [5, 5.41) is 1.07. The lowest BCUT2D eigenvalue weighted by Crippen LogP contribution is -2.33. The number of rotatable bonds is 7. The van der Waals surface area contributed by atoms with Crippen molar-refractivity contribution in [1.82, 2.24) is 13.4 Å². The molecule has 8 nitrogen and oxygen atoms in total. The van der Waals surface area contributed by atoms with E-state index in [2.05, 4.69) is 4.99 Å². The van der Waals surface area contributed by atoms with Crippen LogP contribution in [0.25, 0.3) is 0 Å². The Bertz CT molecular complexity index is 1230. The molecule has 11 heteroatoms. The Labute approximate surface area is 198 Å². The number of ether oxygens (including phenoxy) is 1. The van der Waals surface area contributed by atoms with Gasteiger partial charge >= 0.3 is 11.7 Å². The van der Waals surface area contributed by atoms with Crippen LogP contribution in [0.4, 0.5) is 0 Å². The summed E-state index contributed by atoms with van der Waals surface area (Å²) in [5.74, 6) is -1.05. The van der Waals surface area contributed by atoms with Gasteiger partial charge in [0.1, 0.15) is 0 Å². The molecule has 0 aliphatic carbocycles. The maximum Gasteiger partial charge on any atom is 0.342 e. The molecule has 32 heavy (non-hydrogen) atoms. The number of esters is 1. The Kier molecular flexibility index (Phi) is 8.03. The van der Waals surface area contributed by atoms with Gasteiger partial charge in [-0.1, -0.05) is 35.3 Å². The second kappa shape index (κ2) is 10.7. The summed E-state index contributed by atoms with van der Waals surface area (Å²) in [5.41, 5.74) is 0.700. The predicted molar refractivity (Wildman–Crippen MR) is 123 cm³/mol. The van der Waals surface area contributed by atoms with Crippen molar-refractivity contribution in [3.8, 4) is 0 Å². The molecular formula is C21H20Cl2N4O4S. The van der Waals surface area contributed by atoms with E-state index in [1.807, 2.05) is 0 Å². The molecular weight excluding hydrogens is 475 g/mol. The molecule has 1 amide bonds. The van der Waals surface area contributed by atoms with Crippen molar-refractivity contribution in [3.05, 3.63) is 85.0 Å². The highest BCUT2D eigenvalue weighted by Crippen LogP contribution is 2.11. The summed E-state index contributed by atoms with van der Waals surface area (Å²) in [4.78, 5) is 43.4. The molecule has 0 unspecified atom stereocenters. The van der Waals surface area contributed by atoms with Gasteiger partial charge < -0.3 is 4.74 Å². The normalized spacial score (nSPS) is 11.7. The van der Waals surface area contributed by atoms with Crippen LogP contribution in [-0.4, -0.2) is 45.9 Å². The van der Waals surface area contributed by atoms with Crippen molar-refractivity contribution < 1.29 is 14.3 Å². The Morgan fingerprint density at radius 1 is 1.03 bits per heavy atom. The van der Waals surface area contributed by atoms with Gasteiger partial charge in [-0.2, -0.15) is 4.99 Å². The maximum absolute atomic E-state index is 13.0. The quantitative estimate of drug-likeness (QED) is 0.471. The fourth-order valence-corrected chi connectivity index (χ4v) is 3.83. The average molecular weight is 495 g/mol. The smallest absolute Gasteiger partial charge is 0.342 e. The first-order valence-electron chi connectivity index (χ1n) is 9.43. The molecule has 1 heterocycles. The average Bonchev–Trinajstić information content (AvgIpc) is 3.02. The van der Waals surface area contributed by atoms with Crippen LogP contribution in [0, 0.1) is 0 Å². The molecule has 0 aliphatic rings. The molecule has 0 saturated carbocycles. The van der Waals surface area contributed by atoms with Gasteiger partial charge in [0.15, 0.2) is 6.73 Å². The lowest BCUT2D eigenvalue weighted by Gasteiger charge is -2.09. The zero-order valence-electron chi connectivity index (χ0n) is 17.3. The topological polar surface area (TPSA) is 85.9 Å². The van der Waals surface area contributed by atoms with Gasteiger partial charge in [-0.15, -0.1) is 0 Å². The standard InChI is InChI=1S/C21H20Cl2N4O4S/c1-25(2)12-18(28)31-13-26-20(24-19(29)15-5-9-17(23)10-6-15)32-27(21(26)30)11-14-3-7-16(22)8-4-14/h3-10H,11-13H2,1-2H3. The predicted octanol–water partition coefficient (Wildman–Crippen LogP) is 2.87. The second-order valence-corrected chi connectivity index (χ2v) is 8.92. The Balaban J connectivity index is 1.95. The van der Waals surface area contributed by atoms with E-state index in [1.54, 1.807) is 67.5 Å².